The molecular formula is C39H36BrO4P. The molecule has 0 saturated carbocycles. The molecule has 0 radical (unpaired) electrons. The number of hydrogen-bond donors (Lipinski definition) is 0. The summed E-state index contributed by atoms with van der Waals surface area (Å²) in [5, 5.41) is 1.56. The minimum absolute atomic E-state index is 0.101. The molecule has 6 aromatic rings. The number of benzene rings is 5. The molecule has 0 unspecified atom stereocenters. The van der Waals surface area contributed by atoms with Gasteiger partial charge in [-0.05, 0) is 6.07 Å². The van der Waals surface area contributed by atoms with E-state index in [4.69, 9.17) is 13.9 Å². The molecule has 5 aromatic carbocycles. The molecule has 0 atom stereocenters. The van der Waals surface area contributed by atoms with Crippen LogP contribution >= 0.6 is 20.8 Å². The number of fused-ring (bicyclic) bond motifs is 1. The van der Waals surface area contributed by atoms with Crippen LogP contribution in [0.4, 0.5) is 0 Å². The van der Waals surface area contributed by atoms with E-state index >= 15 is 0 Å². The molecular weight excluding hydrogens is 643 g/mol. The first-order valence-corrected chi connectivity index (χ1v) is 19.6. The maximum atomic E-state index is 13.4. The second kappa shape index (κ2) is 13.0. The summed E-state index contributed by atoms with van der Waals surface area (Å²) in [6.07, 6.45) is 5.55. The first-order chi connectivity index (χ1) is 22.0. The number of halogens is 1. The smallest absolute Gasteiger partial charge is 0.490 e. The standard InChI is InChI=1S/C39H36BrO4P/c1-42-36-26-25-34-37(41)35(28-44-38(34)39(36)43-2)30-23-21-29(22-24-30)14-12-13-27-45(40,31-15-6-3-7-16-31,32-17-8-4-9-18-32)33-19-10-5-11-20-33/h3-11,15-26,28H,12-14,27H2,1-2H3. The molecule has 0 N–H and O–H groups in total. The van der Waals surface area contributed by atoms with Gasteiger partial charge in [-0.15, -0.1) is 0 Å². The summed E-state index contributed by atoms with van der Waals surface area (Å²) in [5.74, 6) is 0.935. The van der Waals surface area contributed by atoms with Crippen molar-refractivity contribution >= 4 is 47.7 Å². The minimum atomic E-state index is -2.92. The summed E-state index contributed by atoms with van der Waals surface area (Å²) in [5.41, 5.74) is 2.87. The van der Waals surface area contributed by atoms with Crippen LogP contribution in [0.3, 0.4) is 0 Å². The fraction of sp³-hybridized carbons (Fsp3) is 0.154. The Hall–Kier alpha value is -4.18. The zero-order valence-corrected chi connectivity index (χ0v) is 28.0. The van der Waals surface area contributed by atoms with E-state index in [1.165, 1.54) is 34.9 Å². The molecule has 0 aliphatic rings. The Kier molecular flexibility index (Phi) is 8.94. The van der Waals surface area contributed by atoms with Crippen molar-refractivity contribution in [1.82, 2.24) is 0 Å². The minimum Gasteiger partial charge on any atom is -0.490 e. The molecule has 0 aliphatic carbocycles. The predicted octanol–water partition coefficient (Wildman–Crippen LogP) is 8.64. The number of hydrogen-bond acceptors (Lipinski definition) is 4. The Labute approximate surface area is 272 Å². The van der Waals surface area contributed by atoms with Crippen molar-refractivity contribution in [2.45, 2.75) is 19.3 Å². The second-order valence-electron chi connectivity index (χ2n) is 11.2. The molecule has 4 nitrogen and oxygen atoms in total. The number of ether oxygens (including phenoxy) is 2. The SMILES string of the molecule is COc1ccc2c(=O)c(-c3ccc(CCCCP(Br)(c4ccccc4)(c4ccccc4)c4ccccc4)cc3)coc2c1OC. The van der Waals surface area contributed by atoms with E-state index < -0.39 is 5.31 Å². The van der Waals surface area contributed by atoms with Gasteiger partial charge in [0.2, 0.25) is 5.75 Å². The van der Waals surface area contributed by atoms with Crippen molar-refractivity contribution in [2.75, 3.05) is 20.4 Å². The first kappa shape index (κ1) is 30.8. The Morgan fingerprint density at radius 3 is 1.73 bits per heavy atom. The van der Waals surface area contributed by atoms with E-state index in [-0.39, 0.29) is 5.43 Å². The molecule has 0 aliphatic heterocycles. The average Bonchev–Trinajstić information content (AvgIpc) is 3.11. The molecule has 0 amide bonds. The molecule has 6 heteroatoms. The van der Waals surface area contributed by atoms with Crippen LogP contribution in [0.1, 0.15) is 18.4 Å². The topological polar surface area (TPSA) is 48.7 Å². The third kappa shape index (κ3) is 5.60. The van der Waals surface area contributed by atoms with Gasteiger partial charge in [0.05, 0.1) is 14.2 Å². The van der Waals surface area contributed by atoms with Crippen LogP contribution in [0.25, 0.3) is 22.1 Å². The normalized spacial score (nSPS) is 12.4. The summed E-state index contributed by atoms with van der Waals surface area (Å²) < 4.78 is 16.7. The molecule has 0 bridgehead atoms. The van der Waals surface area contributed by atoms with Crippen LogP contribution < -0.4 is 30.8 Å². The Bertz CT molecular complexity index is 1860. The fourth-order valence-corrected chi connectivity index (χ4v) is 14.1. The number of methoxy groups -OCH3 is 2. The number of aryl methyl sites for hydroxylation is 1. The molecule has 0 spiro atoms. The van der Waals surface area contributed by atoms with Gasteiger partial charge in [-0.2, -0.15) is 0 Å². The van der Waals surface area contributed by atoms with Gasteiger partial charge in [0.1, 0.15) is 0 Å². The van der Waals surface area contributed by atoms with E-state index in [0.717, 1.165) is 31.0 Å². The zero-order valence-electron chi connectivity index (χ0n) is 25.5. The fourth-order valence-electron chi connectivity index (χ4n) is 6.35. The number of unbranched alkanes of at least 4 members (excludes halogenated alkanes) is 1. The summed E-state index contributed by atoms with van der Waals surface area (Å²) in [7, 11) is 3.10. The predicted molar refractivity (Wildman–Crippen MR) is 193 cm³/mol. The zero-order chi connectivity index (χ0) is 31.3. The van der Waals surface area contributed by atoms with E-state index in [0.29, 0.717) is 28.0 Å². The van der Waals surface area contributed by atoms with Crippen molar-refractivity contribution in [3.05, 3.63) is 149 Å². The van der Waals surface area contributed by atoms with Crippen LogP contribution in [0, 0.1) is 0 Å². The molecule has 45 heavy (non-hydrogen) atoms. The van der Waals surface area contributed by atoms with Crippen LogP contribution in [0.2, 0.25) is 0 Å². The van der Waals surface area contributed by atoms with E-state index in [2.05, 4.69) is 119 Å². The van der Waals surface area contributed by atoms with Gasteiger partial charge in [-0.3, -0.25) is 0 Å². The van der Waals surface area contributed by atoms with Crippen molar-refractivity contribution in [1.29, 1.82) is 0 Å². The number of rotatable bonds is 11. The van der Waals surface area contributed by atoms with E-state index in [1.54, 1.807) is 19.2 Å². The molecule has 1 heterocycles. The van der Waals surface area contributed by atoms with Gasteiger partial charge < -0.3 is 9.47 Å². The molecule has 0 saturated heterocycles. The van der Waals surface area contributed by atoms with Crippen molar-refractivity contribution in [3.63, 3.8) is 0 Å². The van der Waals surface area contributed by atoms with Crippen LogP contribution in [-0.4, -0.2) is 20.4 Å². The second-order valence-corrected chi connectivity index (χ2v) is 20.3. The third-order valence-corrected chi connectivity index (χ3v) is 18.8. The quantitative estimate of drug-likeness (QED) is 0.102. The summed E-state index contributed by atoms with van der Waals surface area (Å²) >= 11 is 4.56. The first-order valence-electron chi connectivity index (χ1n) is 15.1. The molecule has 0 fully saturated rings. The Morgan fingerprint density at radius 2 is 1.22 bits per heavy atom. The maximum absolute atomic E-state index is 13.4. The summed E-state index contributed by atoms with van der Waals surface area (Å²) in [6, 6.07) is 44.5. The van der Waals surface area contributed by atoms with Crippen molar-refractivity contribution in [3.8, 4) is 22.6 Å². The van der Waals surface area contributed by atoms with Gasteiger partial charge in [0.15, 0.2) is 5.75 Å². The summed E-state index contributed by atoms with van der Waals surface area (Å²) in [4.78, 5) is 13.4. The van der Waals surface area contributed by atoms with Gasteiger partial charge in [-0.25, -0.2) is 0 Å². The molecule has 6 rings (SSSR count). The Morgan fingerprint density at radius 1 is 0.667 bits per heavy atom. The monoisotopic (exact) mass is 678 g/mol. The van der Waals surface area contributed by atoms with E-state index in [9.17, 15) is 4.79 Å². The molecule has 1 aromatic heterocycles. The van der Waals surface area contributed by atoms with E-state index in [1.807, 2.05) is 12.1 Å². The van der Waals surface area contributed by atoms with Crippen LogP contribution in [0.5, 0.6) is 11.5 Å². The summed E-state index contributed by atoms with van der Waals surface area (Å²) in [6.45, 7) is 0. The van der Waals surface area contributed by atoms with Gasteiger partial charge in [0, 0.05) is 0 Å². The Balaban J connectivity index is 1.24. The molecule has 228 valence electrons. The third-order valence-electron chi connectivity index (χ3n) is 8.73. The van der Waals surface area contributed by atoms with Crippen molar-refractivity contribution in [2.24, 2.45) is 0 Å². The average molecular weight is 680 g/mol. The van der Waals surface area contributed by atoms with Gasteiger partial charge in [0.25, 0.3) is 0 Å². The van der Waals surface area contributed by atoms with Crippen LogP contribution in [0.15, 0.2) is 143 Å². The van der Waals surface area contributed by atoms with Gasteiger partial charge >= 0.3 is 232 Å². The van der Waals surface area contributed by atoms with Crippen LogP contribution in [-0.2, 0) is 6.42 Å². The van der Waals surface area contributed by atoms with Gasteiger partial charge in [-0.1, -0.05) is 0 Å². The van der Waals surface area contributed by atoms with Crippen molar-refractivity contribution < 1.29 is 13.9 Å².